The predicted octanol–water partition coefficient (Wildman–Crippen LogP) is 10.3. The van der Waals surface area contributed by atoms with Crippen LogP contribution in [0.5, 0.6) is 0 Å². The molecule has 0 aliphatic rings. The molecule has 49 heavy (non-hydrogen) atoms. The van der Waals surface area contributed by atoms with Gasteiger partial charge in [-0.2, -0.15) is 27.0 Å². The third-order valence-electron chi connectivity index (χ3n) is 6.85. The number of ether oxygens (including phenoxy) is 2. The van der Waals surface area contributed by atoms with Gasteiger partial charge in [0, 0.05) is 14.1 Å². The number of carbonyl (C=O) groups excluding carboxylic acids is 3. The Morgan fingerprint density at radius 2 is 1.12 bits per heavy atom. The number of aliphatic hydroxyl groups excluding tert-OH is 1. The Hall–Kier alpha value is -2.05. The molecule has 0 aliphatic heterocycles. The lowest BCUT2D eigenvalue weighted by molar-refractivity contribution is -0.118. The standard InChI is InChI=1S/C17H23Cl2NO3.C17H21Cl2NO3.CH4.2H2S/c2*1-6-9-17(11-21,12-7-8-13(18)14(19)10-12)20(5)15(22)23-16(2,3)4;;;/h6-8,10,21H,1,9,11H2,2-5H3;6-8,10-11H,1,9H2,2-5H3;1H4;2*1H2/t2*17-;;;/m11.../s1. The summed E-state index contributed by atoms with van der Waals surface area (Å²) in [5.74, 6) is 0. The minimum Gasteiger partial charge on any atom is -0.444 e. The zero-order valence-electron chi connectivity index (χ0n) is 28.6. The molecule has 0 aromatic heterocycles. The number of aliphatic hydroxyl groups is 1. The van der Waals surface area contributed by atoms with E-state index >= 15 is 0 Å². The highest BCUT2D eigenvalue weighted by atomic mass is 35.5. The second-order valence-corrected chi connectivity index (χ2v) is 14.2. The predicted molar refractivity (Wildman–Crippen MR) is 215 cm³/mol. The first kappa shape index (κ1) is 51.3. The van der Waals surface area contributed by atoms with Crippen molar-refractivity contribution in [3.05, 3.63) is 92.9 Å². The van der Waals surface area contributed by atoms with Gasteiger partial charge in [-0.1, -0.05) is 78.1 Å². The molecule has 2 aromatic rings. The number of hydrogen-bond donors (Lipinski definition) is 1. The number of benzene rings is 2. The van der Waals surface area contributed by atoms with Crippen LogP contribution < -0.4 is 0 Å². The lowest BCUT2D eigenvalue weighted by Crippen LogP contribution is -2.51. The molecule has 14 heteroatoms. The molecule has 0 fully saturated rings. The summed E-state index contributed by atoms with van der Waals surface area (Å²) in [7, 11) is 3.09. The lowest BCUT2D eigenvalue weighted by atomic mass is 9.86. The molecule has 8 nitrogen and oxygen atoms in total. The highest BCUT2D eigenvalue weighted by molar-refractivity contribution is 7.59. The highest BCUT2D eigenvalue weighted by Crippen LogP contribution is 2.37. The van der Waals surface area contributed by atoms with Crippen molar-refractivity contribution in [3.63, 3.8) is 0 Å². The van der Waals surface area contributed by atoms with Crippen LogP contribution in [0.25, 0.3) is 0 Å². The summed E-state index contributed by atoms with van der Waals surface area (Å²) in [5, 5.41) is 11.5. The van der Waals surface area contributed by atoms with Gasteiger partial charge in [-0.3, -0.25) is 9.80 Å². The fraction of sp³-hybridized carbons (Fsp3) is 0.457. The van der Waals surface area contributed by atoms with Crippen LogP contribution in [0.4, 0.5) is 9.59 Å². The molecule has 0 spiro atoms. The van der Waals surface area contributed by atoms with Gasteiger partial charge in [0.15, 0.2) is 6.29 Å². The molecule has 0 saturated carbocycles. The van der Waals surface area contributed by atoms with Gasteiger partial charge in [-0.15, -0.1) is 13.2 Å². The van der Waals surface area contributed by atoms with Crippen LogP contribution in [0, 0.1) is 0 Å². The van der Waals surface area contributed by atoms with E-state index in [0.29, 0.717) is 43.9 Å². The number of halogens is 4. The van der Waals surface area contributed by atoms with E-state index in [2.05, 4.69) is 13.2 Å². The zero-order valence-corrected chi connectivity index (χ0v) is 33.7. The van der Waals surface area contributed by atoms with E-state index < -0.39 is 34.5 Å². The van der Waals surface area contributed by atoms with E-state index in [-0.39, 0.29) is 47.4 Å². The number of hydrogen-bond acceptors (Lipinski definition) is 6. The summed E-state index contributed by atoms with van der Waals surface area (Å²) in [4.78, 5) is 39.5. The average molecular weight is 803 g/mol. The first-order valence-corrected chi connectivity index (χ1v) is 15.8. The second-order valence-electron chi connectivity index (χ2n) is 12.6. The third-order valence-corrected chi connectivity index (χ3v) is 8.32. The molecule has 0 saturated heterocycles. The summed E-state index contributed by atoms with van der Waals surface area (Å²) in [6, 6.07) is 9.83. The van der Waals surface area contributed by atoms with Crippen molar-refractivity contribution in [1.29, 1.82) is 0 Å². The molecule has 0 heterocycles. The highest BCUT2D eigenvalue weighted by Gasteiger charge is 2.41. The number of nitrogens with zero attached hydrogens (tertiary/aromatic N) is 2. The van der Waals surface area contributed by atoms with Gasteiger partial charge in [0.1, 0.15) is 16.7 Å². The largest absolute Gasteiger partial charge is 0.444 e. The SMILES string of the molecule is C.C=CC[C@@](C=O)(c1ccc(Cl)c(Cl)c1)N(C)C(=O)OC(C)(C)C.C=CC[C@@](CO)(c1ccc(Cl)c(Cl)c1)N(C)C(=O)OC(C)(C)C.S.S. The molecule has 0 aliphatic carbocycles. The van der Waals surface area contributed by atoms with Crippen molar-refractivity contribution in [2.24, 2.45) is 0 Å². The topological polar surface area (TPSA) is 96.4 Å². The van der Waals surface area contributed by atoms with Crippen molar-refractivity contribution >= 4 is 91.9 Å². The number of aldehydes is 1. The molecular weight excluding hydrogens is 750 g/mol. The van der Waals surface area contributed by atoms with Crippen LogP contribution in [0.3, 0.4) is 0 Å². The van der Waals surface area contributed by atoms with Crippen molar-refractivity contribution in [3.8, 4) is 0 Å². The van der Waals surface area contributed by atoms with Crippen LogP contribution in [-0.4, -0.2) is 65.3 Å². The van der Waals surface area contributed by atoms with E-state index in [0.717, 1.165) is 0 Å². The van der Waals surface area contributed by atoms with E-state index in [1.54, 1.807) is 97.1 Å². The van der Waals surface area contributed by atoms with E-state index in [1.165, 1.54) is 16.8 Å². The van der Waals surface area contributed by atoms with Crippen molar-refractivity contribution in [2.75, 3.05) is 20.7 Å². The Balaban J connectivity index is -0.000000814. The van der Waals surface area contributed by atoms with Crippen LogP contribution in [0.1, 0.15) is 72.9 Å². The Labute approximate surface area is 326 Å². The molecule has 2 amide bonds. The van der Waals surface area contributed by atoms with E-state index in [4.69, 9.17) is 55.9 Å². The number of carbonyl (C=O) groups is 3. The fourth-order valence-electron chi connectivity index (χ4n) is 4.36. The zero-order chi connectivity index (χ0) is 35.7. The molecular formula is C35H52Cl4N2O6S2. The molecule has 2 rings (SSSR count). The molecule has 278 valence electrons. The summed E-state index contributed by atoms with van der Waals surface area (Å²) < 4.78 is 10.8. The maximum absolute atomic E-state index is 12.5. The fourth-order valence-corrected chi connectivity index (χ4v) is 4.96. The van der Waals surface area contributed by atoms with Crippen LogP contribution in [0.2, 0.25) is 20.1 Å². The van der Waals surface area contributed by atoms with Crippen LogP contribution in [0.15, 0.2) is 61.7 Å². The maximum Gasteiger partial charge on any atom is 0.411 e. The van der Waals surface area contributed by atoms with Gasteiger partial charge >= 0.3 is 12.2 Å². The number of likely N-dealkylation sites (N-methyl/N-ethyl adjacent to an activating group) is 2. The minimum absolute atomic E-state index is 0. The van der Waals surface area contributed by atoms with Gasteiger partial charge in [0.2, 0.25) is 0 Å². The van der Waals surface area contributed by atoms with Gasteiger partial charge in [0.05, 0.1) is 32.2 Å². The van der Waals surface area contributed by atoms with Crippen molar-refractivity contribution in [1.82, 2.24) is 9.80 Å². The molecule has 2 atom stereocenters. The molecule has 2 aromatic carbocycles. The van der Waals surface area contributed by atoms with Crippen LogP contribution in [-0.2, 0) is 25.3 Å². The lowest BCUT2D eigenvalue weighted by Gasteiger charge is -2.41. The Bertz CT molecular complexity index is 1420. The molecule has 0 bridgehead atoms. The maximum atomic E-state index is 12.5. The number of rotatable bonds is 10. The minimum atomic E-state index is -1.27. The number of amides is 2. The molecule has 0 unspecified atom stereocenters. The van der Waals surface area contributed by atoms with Gasteiger partial charge in [-0.25, -0.2) is 9.59 Å². The quantitative estimate of drug-likeness (QED) is 0.190. The van der Waals surface area contributed by atoms with Gasteiger partial charge in [0.25, 0.3) is 0 Å². The monoisotopic (exact) mass is 800 g/mol. The van der Waals surface area contributed by atoms with Crippen molar-refractivity contribution in [2.45, 2.75) is 84.1 Å². The summed E-state index contributed by atoms with van der Waals surface area (Å²) >= 11 is 24.0. The Morgan fingerprint density at radius 3 is 1.47 bits per heavy atom. The van der Waals surface area contributed by atoms with Crippen molar-refractivity contribution < 1.29 is 29.0 Å². The third kappa shape index (κ3) is 13.9. The Kier molecular flexibility index (Phi) is 22.4. The first-order chi connectivity index (χ1) is 21.1. The van der Waals surface area contributed by atoms with E-state index in [1.807, 2.05) is 0 Å². The van der Waals surface area contributed by atoms with E-state index in [9.17, 15) is 19.5 Å². The van der Waals surface area contributed by atoms with Crippen LogP contribution >= 0.6 is 73.4 Å². The average Bonchev–Trinajstić information content (AvgIpc) is 2.95. The normalized spacial score (nSPS) is 13.1. The Morgan fingerprint density at radius 1 is 0.735 bits per heavy atom. The van der Waals surface area contributed by atoms with Gasteiger partial charge in [-0.05, 0) is 89.8 Å². The smallest absolute Gasteiger partial charge is 0.411 e. The molecule has 1 N–H and O–H groups in total. The van der Waals surface area contributed by atoms with Gasteiger partial charge < -0.3 is 19.4 Å². The summed E-state index contributed by atoms with van der Waals surface area (Å²) in [6.07, 6.45) is 3.29. The first-order valence-electron chi connectivity index (χ1n) is 14.3. The molecule has 0 radical (unpaired) electrons. The summed E-state index contributed by atoms with van der Waals surface area (Å²) in [6.45, 7) is 17.7. The summed E-state index contributed by atoms with van der Waals surface area (Å²) in [5.41, 5.74) is -2.42. The second kappa shape index (κ2) is 21.3.